The number of amides is 2. The van der Waals surface area contributed by atoms with Gasteiger partial charge in [0.15, 0.2) is 0 Å². The molecule has 19 heavy (non-hydrogen) atoms. The largest absolute Gasteiger partial charge is 0.478 e. The second-order valence-corrected chi connectivity index (χ2v) is 4.40. The highest BCUT2D eigenvalue weighted by molar-refractivity contribution is 5.87. The highest BCUT2D eigenvalue weighted by Crippen LogP contribution is 2.05. The van der Waals surface area contributed by atoms with Crippen molar-refractivity contribution in [2.75, 3.05) is 26.2 Å². The Labute approximate surface area is 111 Å². The molecule has 0 aliphatic carbocycles. The van der Waals surface area contributed by atoms with E-state index in [1.165, 1.54) is 6.07 Å². The maximum Gasteiger partial charge on any atom is 0.335 e. The van der Waals surface area contributed by atoms with E-state index >= 15 is 0 Å². The average molecular weight is 263 g/mol. The summed E-state index contributed by atoms with van der Waals surface area (Å²) in [7, 11) is 0. The van der Waals surface area contributed by atoms with Crippen LogP contribution in [-0.4, -0.2) is 48.2 Å². The molecular formula is C13H17N3O3. The van der Waals surface area contributed by atoms with Gasteiger partial charge in [0.05, 0.1) is 5.56 Å². The van der Waals surface area contributed by atoms with Crippen LogP contribution in [0.1, 0.15) is 15.9 Å². The number of rotatable bonds is 3. The topological polar surface area (TPSA) is 81.7 Å². The molecule has 0 bridgehead atoms. The lowest BCUT2D eigenvalue weighted by atomic mass is 10.1. The van der Waals surface area contributed by atoms with Crippen LogP contribution in [0.25, 0.3) is 0 Å². The molecule has 6 nitrogen and oxygen atoms in total. The maximum absolute atomic E-state index is 11.9. The first-order valence-electron chi connectivity index (χ1n) is 6.22. The average Bonchev–Trinajstić information content (AvgIpc) is 2.46. The molecule has 102 valence electrons. The summed E-state index contributed by atoms with van der Waals surface area (Å²) >= 11 is 0. The number of benzene rings is 1. The first-order chi connectivity index (χ1) is 9.16. The zero-order valence-electron chi connectivity index (χ0n) is 10.6. The van der Waals surface area contributed by atoms with Crippen LogP contribution in [-0.2, 0) is 6.54 Å². The van der Waals surface area contributed by atoms with Crippen molar-refractivity contribution in [1.82, 2.24) is 15.5 Å². The molecule has 1 aliphatic heterocycles. The van der Waals surface area contributed by atoms with E-state index in [2.05, 4.69) is 10.6 Å². The predicted molar refractivity (Wildman–Crippen MR) is 70.1 cm³/mol. The number of hydrogen-bond acceptors (Lipinski definition) is 3. The van der Waals surface area contributed by atoms with Crippen molar-refractivity contribution in [3.05, 3.63) is 35.4 Å². The summed E-state index contributed by atoms with van der Waals surface area (Å²) in [5.41, 5.74) is 1.01. The molecule has 1 aromatic rings. The third kappa shape index (κ3) is 3.69. The van der Waals surface area contributed by atoms with E-state index in [0.717, 1.165) is 18.7 Å². The monoisotopic (exact) mass is 263 g/mol. The molecule has 2 rings (SSSR count). The lowest BCUT2D eigenvalue weighted by Crippen LogP contribution is -2.50. The number of carbonyl (C=O) groups is 2. The van der Waals surface area contributed by atoms with Crippen LogP contribution in [0.15, 0.2) is 24.3 Å². The van der Waals surface area contributed by atoms with Crippen LogP contribution in [0.2, 0.25) is 0 Å². The summed E-state index contributed by atoms with van der Waals surface area (Å²) in [6, 6.07) is 6.46. The summed E-state index contributed by atoms with van der Waals surface area (Å²) in [6.07, 6.45) is 0. The van der Waals surface area contributed by atoms with Crippen molar-refractivity contribution in [3.63, 3.8) is 0 Å². The number of piperazine rings is 1. The summed E-state index contributed by atoms with van der Waals surface area (Å²) in [6.45, 7) is 3.34. The standard InChI is InChI=1S/C13H17N3O3/c17-12(18)11-3-1-2-10(8-11)9-15-13(19)16-6-4-14-5-7-16/h1-3,8,14H,4-7,9H2,(H,15,19)(H,17,18). The van der Waals surface area contributed by atoms with E-state index < -0.39 is 5.97 Å². The Morgan fingerprint density at radius 1 is 1.32 bits per heavy atom. The Morgan fingerprint density at radius 3 is 2.74 bits per heavy atom. The number of carbonyl (C=O) groups excluding carboxylic acids is 1. The number of urea groups is 1. The van der Waals surface area contributed by atoms with Gasteiger partial charge in [0.1, 0.15) is 0 Å². The normalized spacial score (nSPS) is 15.1. The molecule has 0 atom stereocenters. The molecular weight excluding hydrogens is 246 g/mol. The number of carboxylic acid groups (broad SMARTS) is 1. The SMILES string of the molecule is O=C(O)c1cccc(CNC(=O)N2CCNCC2)c1. The van der Waals surface area contributed by atoms with Crippen LogP contribution in [0.3, 0.4) is 0 Å². The molecule has 1 saturated heterocycles. The fourth-order valence-electron chi connectivity index (χ4n) is 1.97. The smallest absolute Gasteiger partial charge is 0.335 e. The van der Waals surface area contributed by atoms with Crippen LogP contribution in [0, 0.1) is 0 Å². The quantitative estimate of drug-likeness (QED) is 0.741. The molecule has 1 aromatic carbocycles. The highest BCUT2D eigenvalue weighted by atomic mass is 16.4. The minimum Gasteiger partial charge on any atom is -0.478 e. The van der Waals surface area contributed by atoms with Gasteiger partial charge in [-0.25, -0.2) is 9.59 Å². The molecule has 1 aliphatic rings. The lowest BCUT2D eigenvalue weighted by Gasteiger charge is -2.27. The Morgan fingerprint density at radius 2 is 2.05 bits per heavy atom. The van der Waals surface area contributed by atoms with Gasteiger partial charge < -0.3 is 20.6 Å². The van der Waals surface area contributed by atoms with Crippen molar-refractivity contribution in [3.8, 4) is 0 Å². The Kier molecular flexibility index (Phi) is 4.35. The number of nitrogens with one attached hydrogen (secondary N) is 2. The van der Waals surface area contributed by atoms with Gasteiger partial charge in [-0.1, -0.05) is 12.1 Å². The van der Waals surface area contributed by atoms with Crippen molar-refractivity contribution in [2.45, 2.75) is 6.54 Å². The fraction of sp³-hybridized carbons (Fsp3) is 0.385. The van der Waals surface area contributed by atoms with Gasteiger partial charge in [-0.2, -0.15) is 0 Å². The first-order valence-corrected chi connectivity index (χ1v) is 6.22. The van der Waals surface area contributed by atoms with Crippen molar-refractivity contribution >= 4 is 12.0 Å². The molecule has 0 saturated carbocycles. The van der Waals surface area contributed by atoms with Crippen LogP contribution >= 0.6 is 0 Å². The number of nitrogens with zero attached hydrogens (tertiary/aromatic N) is 1. The molecule has 0 unspecified atom stereocenters. The van der Waals surface area contributed by atoms with Crippen LogP contribution < -0.4 is 10.6 Å². The Balaban J connectivity index is 1.89. The van der Waals surface area contributed by atoms with Gasteiger partial charge in [-0.05, 0) is 17.7 Å². The molecule has 0 aromatic heterocycles. The van der Waals surface area contributed by atoms with Gasteiger partial charge in [0.2, 0.25) is 0 Å². The van der Waals surface area contributed by atoms with E-state index in [9.17, 15) is 9.59 Å². The molecule has 1 heterocycles. The summed E-state index contributed by atoms with van der Waals surface area (Å²) < 4.78 is 0. The summed E-state index contributed by atoms with van der Waals surface area (Å²) in [5.74, 6) is -0.963. The second kappa shape index (κ2) is 6.19. The number of aromatic carboxylic acids is 1. The zero-order valence-corrected chi connectivity index (χ0v) is 10.6. The zero-order chi connectivity index (χ0) is 13.7. The van der Waals surface area contributed by atoms with E-state index in [4.69, 9.17) is 5.11 Å². The predicted octanol–water partition coefficient (Wildman–Crippen LogP) is 0.500. The van der Waals surface area contributed by atoms with Crippen LogP contribution in [0.5, 0.6) is 0 Å². The molecule has 0 spiro atoms. The van der Waals surface area contributed by atoms with Crippen molar-refractivity contribution in [2.24, 2.45) is 0 Å². The first kappa shape index (κ1) is 13.4. The van der Waals surface area contributed by atoms with E-state index in [0.29, 0.717) is 19.6 Å². The molecule has 3 N–H and O–H groups in total. The van der Waals surface area contributed by atoms with E-state index in [-0.39, 0.29) is 11.6 Å². The summed E-state index contributed by atoms with van der Waals surface area (Å²) in [5, 5.41) is 14.9. The third-order valence-electron chi connectivity index (χ3n) is 3.02. The van der Waals surface area contributed by atoms with E-state index in [1.54, 1.807) is 23.1 Å². The molecule has 6 heteroatoms. The third-order valence-corrected chi connectivity index (χ3v) is 3.02. The van der Waals surface area contributed by atoms with Crippen molar-refractivity contribution in [1.29, 1.82) is 0 Å². The van der Waals surface area contributed by atoms with Gasteiger partial charge in [-0.3, -0.25) is 0 Å². The number of carboxylic acids is 1. The maximum atomic E-state index is 11.9. The van der Waals surface area contributed by atoms with E-state index in [1.807, 2.05) is 0 Å². The molecule has 1 fully saturated rings. The second-order valence-electron chi connectivity index (χ2n) is 4.40. The van der Waals surface area contributed by atoms with Crippen LogP contribution in [0.4, 0.5) is 4.79 Å². The molecule has 0 radical (unpaired) electrons. The number of hydrogen-bond donors (Lipinski definition) is 3. The fourth-order valence-corrected chi connectivity index (χ4v) is 1.97. The summed E-state index contributed by atoms with van der Waals surface area (Å²) in [4.78, 5) is 24.4. The van der Waals surface area contributed by atoms with Gasteiger partial charge in [-0.15, -0.1) is 0 Å². The molecule has 2 amide bonds. The Bertz CT molecular complexity index is 470. The Hall–Kier alpha value is -2.08. The highest BCUT2D eigenvalue weighted by Gasteiger charge is 2.15. The lowest BCUT2D eigenvalue weighted by molar-refractivity contribution is 0.0696. The minimum absolute atomic E-state index is 0.109. The minimum atomic E-state index is -0.963. The van der Waals surface area contributed by atoms with Gasteiger partial charge >= 0.3 is 12.0 Å². The van der Waals surface area contributed by atoms with Gasteiger partial charge in [0.25, 0.3) is 0 Å². The van der Waals surface area contributed by atoms with Crippen molar-refractivity contribution < 1.29 is 14.7 Å². The van der Waals surface area contributed by atoms with Gasteiger partial charge in [0, 0.05) is 32.7 Å².